The molecule has 0 radical (unpaired) electrons. The van der Waals surface area contributed by atoms with Crippen LogP contribution in [0.1, 0.15) is 17.4 Å². The van der Waals surface area contributed by atoms with Crippen LogP contribution in [0.4, 0.5) is 16.9 Å². The third-order valence-corrected chi connectivity index (χ3v) is 10.3. The number of β-lactam (4-membered cyclic amide) rings is 1. The molecule has 4 atom stereocenters. The lowest BCUT2D eigenvalue weighted by atomic mass is 9.89. The second-order valence-electron chi connectivity index (χ2n) is 10.1. The van der Waals surface area contributed by atoms with Gasteiger partial charge < -0.3 is 52.7 Å². The molecule has 2 fully saturated rings. The van der Waals surface area contributed by atoms with Crippen LogP contribution in [0.5, 0.6) is 11.5 Å². The smallest absolute Gasteiger partial charge is 0.352 e. The van der Waals surface area contributed by atoms with Crippen molar-refractivity contribution in [2.24, 2.45) is 10.6 Å². The van der Waals surface area contributed by atoms with Crippen LogP contribution in [0.2, 0.25) is 0 Å². The van der Waals surface area contributed by atoms with Gasteiger partial charge in [0.05, 0.1) is 0 Å². The van der Waals surface area contributed by atoms with E-state index in [1.807, 2.05) is 0 Å². The maximum Gasteiger partial charge on any atom is 0.352 e. The highest BCUT2D eigenvalue weighted by Gasteiger charge is 2.57. The first-order valence-corrected chi connectivity index (χ1v) is 15.9. The number of hydrogen-bond acceptors (Lipinski definition) is 17. The fraction of sp³-hybridized carbons (Fsp3) is 0.280. The number of nitrogens with one attached hydrogen (secondary N) is 1. The summed E-state index contributed by atoms with van der Waals surface area (Å²) < 4.78 is 0. The number of phenolic OH excluding ortho intramolecular Hbond substituents is 2. The van der Waals surface area contributed by atoms with Gasteiger partial charge in [-0.15, -0.1) is 34.9 Å². The summed E-state index contributed by atoms with van der Waals surface area (Å²) in [5.41, 5.74) is 15.1. The Labute approximate surface area is 271 Å². The number of nitrogens with zero attached hydrogens (tertiary/aromatic N) is 5. The number of thiazole rings is 1. The fourth-order valence-electron chi connectivity index (χ4n) is 4.52. The van der Waals surface area contributed by atoms with E-state index in [9.17, 15) is 39.6 Å². The van der Waals surface area contributed by atoms with E-state index in [-0.39, 0.29) is 46.2 Å². The highest BCUT2D eigenvalue weighted by Crippen LogP contribution is 2.44. The molecule has 0 aliphatic carbocycles. The first-order valence-electron chi connectivity index (χ1n) is 13.0. The normalized spacial score (nSPS) is 21.5. The minimum absolute atomic E-state index is 0.0433. The van der Waals surface area contributed by atoms with Gasteiger partial charge in [-0.05, 0) is 12.1 Å². The van der Waals surface area contributed by atoms with Crippen molar-refractivity contribution in [1.29, 1.82) is 0 Å². The number of aromatic nitrogens is 3. The molecule has 0 spiro atoms. The van der Waals surface area contributed by atoms with Crippen molar-refractivity contribution in [3.63, 3.8) is 0 Å². The van der Waals surface area contributed by atoms with Gasteiger partial charge in [0, 0.05) is 35.1 Å². The highest BCUT2D eigenvalue weighted by molar-refractivity contribution is 8.00. The molecule has 2 unspecified atom stereocenters. The number of thioether (sulfide) groups is 2. The molecule has 5 rings (SSSR count). The number of aliphatic carboxylic acids is 2. The lowest BCUT2D eigenvalue weighted by molar-refractivity contribution is -0.157. The number of hydrogen-bond donors (Lipinski definition) is 8. The molecule has 0 saturated carbocycles. The number of nitrogens with two attached hydrogens (primary N) is 3. The Bertz CT molecular complexity index is 1740. The summed E-state index contributed by atoms with van der Waals surface area (Å²) in [6.45, 7) is -0.138. The number of rotatable bonds is 11. The number of aromatic hydroxyl groups is 2. The Morgan fingerprint density at radius 3 is 2.54 bits per heavy atom. The highest BCUT2D eigenvalue weighted by atomic mass is 32.2. The summed E-state index contributed by atoms with van der Waals surface area (Å²) in [7, 11) is 0. The van der Waals surface area contributed by atoms with Gasteiger partial charge in [-0.2, -0.15) is 4.98 Å². The predicted octanol–water partition coefficient (Wildman–Crippen LogP) is -0.0993. The lowest BCUT2D eigenvalue weighted by Crippen LogP contribution is -2.74. The molecule has 2 aromatic heterocycles. The molecule has 18 nitrogen and oxygen atoms in total. The van der Waals surface area contributed by atoms with Crippen molar-refractivity contribution in [2.75, 3.05) is 35.3 Å². The van der Waals surface area contributed by atoms with Crippen LogP contribution in [-0.4, -0.2) is 99.2 Å². The number of fused-ring (bicyclic) bond motifs is 1. The first kappa shape index (κ1) is 32.4. The molecule has 11 N–H and O–H groups in total. The largest absolute Gasteiger partial charge is 0.504 e. The zero-order valence-electron chi connectivity index (χ0n) is 23.3. The van der Waals surface area contributed by atoms with Crippen molar-refractivity contribution >= 4 is 81.2 Å². The topological polar surface area (TPSA) is 303 Å². The molecule has 2 aliphatic rings. The van der Waals surface area contributed by atoms with Gasteiger partial charge in [-0.3, -0.25) is 14.4 Å². The molecule has 242 valence electrons. The van der Waals surface area contributed by atoms with E-state index in [2.05, 4.69) is 25.4 Å². The van der Waals surface area contributed by atoms with Crippen LogP contribution in [-0.2, 0) is 24.0 Å². The summed E-state index contributed by atoms with van der Waals surface area (Å²) in [4.78, 5) is 69.3. The van der Waals surface area contributed by atoms with Crippen LogP contribution >= 0.6 is 34.9 Å². The van der Waals surface area contributed by atoms with E-state index < -0.39 is 63.9 Å². The zero-order chi connectivity index (χ0) is 33.3. The van der Waals surface area contributed by atoms with E-state index in [1.165, 1.54) is 22.4 Å². The van der Waals surface area contributed by atoms with Crippen molar-refractivity contribution < 1.29 is 44.4 Å². The zero-order valence-corrected chi connectivity index (χ0v) is 25.7. The molecular weight excluding hydrogens is 667 g/mol. The lowest BCUT2D eigenvalue weighted by Gasteiger charge is -2.53. The monoisotopic (exact) mass is 691 g/mol. The van der Waals surface area contributed by atoms with Gasteiger partial charge in [0.25, 0.3) is 5.91 Å². The molecule has 2 saturated heterocycles. The van der Waals surface area contributed by atoms with Crippen molar-refractivity contribution in [3.8, 4) is 11.5 Å². The maximum absolute atomic E-state index is 13.4. The van der Waals surface area contributed by atoms with Crippen LogP contribution in [0, 0.1) is 5.41 Å². The third-order valence-electron chi connectivity index (χ3n) is 6.88. The summed E-state index contributed by atoms with van der Waals surface area (Å²) >= 11 is 3.24. The van der Waals surface area contributed by atoms with Crippen molar-refractivity contribution in [1.82, 2.24) is 25.2 Å². The van der Waals surface area contributed by atoms with Gasteiger partial charge in [0.2, 0.25) is 18.0 Å². The predicted molar refractivity (Wildman–Crippen MR) is 166 cm³/mol. The molecule has 21 heteroatoms. The molecule has 2 aliphatic heterocycles. The van der Waals surface area contributed by atoms with Crippen LogP contribution in [0.3, 0.4) is 0 Å². The number of phenols is 2. The molecular formula is C25H25N9O9S3. The van der Waals surface area contributed by atoms with Crippen LogP contribution in [0.25, 0.3) is 0 Å². The molecule has 2 amide bonds. The summed E-state index contributed by atoms with van der Waals surface area (Å²) in [6, 6.07) is 3.59. The number of benzene rings is 1. The third kappa shape index (κ3) is 6.50. The number of oxime groups is 1. The first-order chi connectivity index (χ1) is 21.8. The Morgan fingerprint density at radius 1 is 1.15 bits per heavy atom. The van der Waals surface area contributed by atoms with Gasteiger partial charge in [-0.1, -0.05) is 11.2 Å². The van der Waals surface area contributed by atoms with E-state index in [1.54, 1.807) is 0 Å². The Balaban J connectivity index is 1.31. The molecule has 3 aromatic rings. The van der Waals surface area contributed by atoms with E-state index >= 15 is 0 Å². The molecule has 46 heavy (non-hydrogen) atoms. The summed E-state index contributed by atoms with van der Waals surface area (Å²) in [5, 5.41) is 46.7. The standard InChI is InChI=1S/C25H25N9O9S3/c26-13-4-14(31-23(27)30-13)45-7-25(22(41)42)6-34-19(38)16(20(34)46-8-25)32-18(37)15(10-5-44-24(28)29-10)33-43-17(21(39)40)9-1-2-11(35)12(36)3-9/h1-5,16-17,20,35-36H,6-8H2,(H2,28,29)(H,32,37)(H,39,40)(H,41,42)(H4,26,27,30,31)/t16?,17-,20-,25?/m1/s1. The molecule has 0 bridgehead atoms. The van der Waals surface area contributed by atoms with E-state index in [0.717, 1.165) is 47.0 Å². The number of amides is 2. The van der Waals surface area contributed by atoms with Crippen molar-refractivity contribution in [3.05, 3.63) is 40.9 Å². The van der Waals surface area contributed by atoms with Gasteiger partial charge >= 0.3 is 11.9 Å². The number of nitrogen functional groups attached to an aromatic ring is 3. The van der Waals surface area contributed by atoms with Gasteiger partial charge in [0.15, 0.2) is 22.3 Å². The Hall–Kier alpha value is -5.02. The van der Waals surface area contributed by atoms with E-state index in [0.29, 0.717) is 5.03 Å². The maximum atomic E-state index is 13.4. The van der Waals surface area contributed by atoms with Gasteiger partial charge in [0.1, 0.15) is 33.4 Å². The number of carbonyl (C=O) groups excluding carboxylic acids is 2. The fourth-order valence-corrected chi connectivity index (χ4v) is 7.84. The van der Waals surface area contributed by atoms with Crippen LogP contribution in [0.15, 0.2) is 39.8 Å². The minimum atomic E-state index is -1.81. The Kier molecular flexibility index (Phi) is 8.99. The average molecular weight is 692 g/mol. The average Bonchev–Trinajstić information content (AvgIpc) is 3.43. The summed E-state index contributed by atoms with van der Waals surface area (Å²) in [5.74, 6) is -5.02. The Morgan fingerprint density at radius 2 is 1.91 bits per heavy atom. The minimum Gasteiger partial charge on any atom is -0.504 e. The van der Waals surface area contributed by atoms with Gasteiger partial charge in [-0.25, -0.2) is 14.8 Å². The second-order valence-corrected chi connectivity index (χ2v) is 13.1. The van der Waals surface area contributed by atoms with E-state index in [4.69, 9.17) is 22.0 Å². The summed E-state index contributed by atoms with van der Waals surface area (Å²) in [6.07, 6.45) is -1.81. The number of carbonyl (C=O) groups is 4. The number of anilines is 3. The van der Waals surface area contributed by atoms with Crippen LogP contribution < -0.4 is 22.5 Å². The molecule has 4 heterocycles. The van der Waals surface area contributed by atoms with Crippen molar-refractivity contribution in [2.45, 2.75) is 22.5 Å². The quantitative estimate of drug-likeness (QED) is 0.0325. The molecule has 1 aromatic carbocycles. The number of carboxylic acid groups (broad SMARTS) is 2. The second kappa shape index (κ2) is 12.8. The number of carboxylic acids is 2. The SMILES string of the molecule is Nc1cc(SCC2(C(=O)O)CS[C@@H]3C(NC(=O)C(=NO[C@@H](C(=O)O)c4ccc(O)c(O)c4)c4csc(N)n4)C(=O)N3C2)nc(N)n1.